The molecule has 0 spiro atoms. The second kappa shape index (κ2) is 10.2. The van der Waals surface area contributed by atoms with Crippen molar-refractivity contribution in [2.45, 2.75) is 52.6 Å². The van der Waals surface area contributed by atoms with Gasteiger partial charge in [-0.25, -0.2) is 9.48 Å². The molecule has 0 unspecified atom stereocenters. The van der Waals surface area contributed by atoms with Gasteiger partial charge in [-0.1, -0.05) is 42.3 Å². The highest BCUT2D eigenvalue weighted by Crippen LogP contribution is 2.20. The molecule has 1 aliphatic heterocycles. The average Bonchev–Trinajstić information content (AvgIpc) is 2.87. The van der Waals surface area contributed by atoms with Gasteiger partial charge in [0.1, 0.15) is 12.4 Å². The predicted octanol–water partition coefficient (Wildman–Crippen LogP) is 2.91. The van der Waals surface area contributed by atoms with Crippen LogP contribution in [0.1, 0.15) is 38.9 Å². The van der Waals surface area contributed by atoms with Crippen LogP contribution in [0.2, 0.25) is 0 Å². The lowest BCUT2D eigenvalue weighted by molar-refractivity contribution is -0.119. The Morgan fingerprint density at radius 3 is 2.69 bits per heavy atom. The van der Waals surface area contributed by atoms with Gasteiger partial charge in [-0.15, -0.1) is 0 Å². The highest BCUT2D eigenvalue weighted by molar-refractivity contribution is 9.10. The molecule has 1 aliphatic rings. The average molecular weight is 464 g/mol. The molecule has 8 heteroatoms. The number of carbonyl (C=O) groups excluding carboxylic acids is 1. The number of halogens is 1. The summed E-state index contributed by atoms with van der Waals surface area (Å²) in [6.07, 6.45) is 3.94. The summed E-state index contributed by atoms with van der Waals surface area (Å²) in [5.74, 6) is 0.683. The van der Waals surface area contributed by atoms with Gasteiger partial charge in [0.25, 0.3) is 0 Å². The largest absolute Gasteiger partial charge is 0.346 e. The Morgan fingerprint density at radius 1 is 1.17 bits per heavy atom. The Hall–Kier alpha value is -1.93. The molecule has 0 N–H and O–H groups in total. The molecular weight excluding hydrogens is 434 g/mol. The zero-order valence-electron chi connectivity index (χ0n) is 17.3. The lowest BCUT2D eigenvalue weighted by atomic mass is 10.2. The summed E-state index contributed by atoms with van der Waals surface area (Å²) in [7, 11) is 0. The number of fused-ring (bicyclic) bond motifs is 1. The first kappa shape index (κ1) is 21.8. The number of anilines is 1. The van der Waals surface area contributed by atoms with Gasteiger partial charge in [-0.3, -0.25) is 9.36 Å². The van der Waals surface area contributed by atoms with E-state index in [1.165, 1.54) is 4.68 Å². The predicted molar refractivity (Wildman–Crippen MR) is 118 cm³/mol. The van der Waals surface area contributed by atoms with Crippen LogP contribution in [0.15, 0.2) is 33.5 Å². The molecule has 0 fully saturated rings. The van der Waals surface area contributed by atoms with Gasteiger partial charge < -0.3 is 9.80 Å². The highest BCUT2D eigenvalue weighted by Gasteiger charge is 2.21. The van der Waals surface area contributed by atoms with Crippen molar-refractivity contribution in [3.63, 3.8) is 0 Å². The van der Waals surface area contributed by atoms with Crippen LogP contribution in [-0.4, -0.2) is 51.3 Å². The minimum Gasteiger partial charge on any atom is -0.309 e. The number of benzene rings is 1. The van der Waals surface area contributed by atoms with Crippen molar-refractivity contribution < 1.29 is 4.79 Å². The van der Waals surface area contributed by atoms with Gasteiger partial charge in [-0.05, 0) is 44.1 Å². The van der Waals surface area contributed by atoms with Crippen molar-refractivity contribution in [2.75, 3.05) is 31.1 Å². The zero-order chi connectivity index (χ0) is 20.8. The van der Waals surface area contributed by atoms with Crippen LogP contribution in [-0.2, 0) is 24.3 Å². The van der Waals surface area contributed by atoms with Gasteiger partial charge in [0.15, 0.2) is 0 Å². The SMILES string of the molecule is CCN(CC)CCN(C(=O)Cn1nc2n(c1=O)CCCCC2)c1cccc(Br)c1. The van der Waals surface area contributed by atoms with Crippen molar-refractivity contribution in [3.8, 4) is 0 Å². The lowest BCUT2D eigenvalue weighted by Crippen LogP contribution is -2.42. The Kier molecular flexibility index (Phi) is 7.66. The molecule has 1 aromatic heterocycles. The quantitative estimate of drug-likeness (QED) is 0.603. The molecular formula is C21H30BrN5O2. The third-order valence-corrected chi connectivity index (χ3v) is 6.01. The second-order valence-electron chi connectivity index (χ2n) is 7.37. The van der Waals surface area contributed by atoms with Crippen LogP contribution in [0.25, 0.3) is 0 Å². The molecule has 0 bridgehead atoms. The first-order chi connectivity index (χ1) is 14.0. The topological polar surface area (TPSA) is 63.4 Å². The summed E-state index contributed by atoms with van der Waals surface area (Å²) in [5, 5.41) is 4.47. The second-order valence-corrected chi connectivity index (χ2v) is 8.29. The van der Waals surface area contributed by atoms with Crippen LogP contribution in [0, 0.1) is 0 Å². The molecule has 2 heterocycles. The number of likely N-dealkylation sites (N-methyl/N-ethyl adjacent to an activating group) is 1. The van der Waals surface area contributed by atoms with Gasteiger partial charge in [0.2, 0.25) is 5.91 Å². The number of aryl methyl sites for hydroxylation is 1. The fraction of sp³-hybridized carbons (Fsp3) is 0.571. The number of amides is 1. The van der Waals surface area contributed by atoms with Gasteiger partial charge in [0.05, 0.1) is 0 Å². The summed E-state index contributed by atoms with van der Waals surface area (Å²) in [6, 6.07) is 7.72. The summed E-state index contributed by atoms with van der Waals surface area (Å²) < 4.78 is 3.99. The molecule has 0 radical (unpaired) electrons. The number of rotatable bonds is 8. The Bertz CT molecular complexity index is 887. The molecule has 2 aromatic rings. The third kappa shape index (κ3) is 5.36. The highest BCUT2D eigenvalue weighted by atomic mass is 79.9. The third-order valence-electron chi connectivity index (χ3n) is 5.52. The summed E-state index contributed by atoms with van der Waals surface area (Å²) in [5.41, 5.74) is 0.651. The molecule has 0 saturated heterocycles. The number of hydrogen-bond acceptors (Lipinski definition) is 4. The van der Waals surface area contributed by atoms with E-state index >= 15 is 0 Å². The van der Waals surface area contributed by atoms with E-state index in [0.717, 1.165) is 61.3 Å². The van der Waals surface area contributed by atoms with Gasteiger partial charge in [-0.2, -0.15) is 5.10 Å². The minimum atomic E-state index is -0.173. The van der Waals surface area contributed by atoms with E-state index in [1.807, 2.05) is 24.3 Å². The van der Waals surface area contributed by atoms with Crippen molar-refractivity contribution in [2.24, 2.45) is 0 Å². The van der Waals surface area contributed by atoms with Crippen molar-refractivity contribution >= 4 is 27.5 Å². The Morgan fingerprint density at radius 2 is 1.97 bits per heavy atom. The fourth-order valence-corrected chi connectivity index (χ4v) is 4.15. The zero-order valence-corrected chi connectivity index (χ0v) is 18.9. The van der Waals surface area contributed by atoms with E-state index < -0.39 is 0 Å². The van der Waals surface area contributed by atoms with E-state index in [4.69, 9.17) is 0 Å². The molecule has 158 valence electrons. The number of hydrogen-bond donors (Lipinski definition) is 0. The molecule has 0 saturated carbocycles. The molecule has 0 aliphatic carbocycles. The summed E-state index contributed by atoms with van der Waals surface area (Å²) in [6.45, 7) is 8.11. The number of carbonyl (C=O) groups is 1. The van der Waals surface area contributed by atoms with E-state index in [0.29, 0.717) is 13.1 Å². The van der Waals surface area contributed by atoms with Crippen LogP contribution in [0.3, 0.4) is 0 Å². The molecule has 1 aromatic carbocycles. The lowest BCUT2D eigenvalue weighted by Gasteiger charge is -2.26. The number of nitrogens with zero attached hydrogens (tertiary/aromatic N) is 5. The molecule has 7 nitrogen and oxygen atoms in total. The normalized spacial score (nSPS) is 13.9. The van der Waals surface area contributed by atoms with Crippen LogP contribution < -0.4 is 10.6 Å². The monoisotopic (exact) mass is 463 g/mol. The van der Waals surface area contributed by atoms with Crippen LogP contribution in [0.4, 0.5) is 5.69 Å². The standard InChI is InChI=1S/C21H30BrN5O2/c1-3-24(4-2)13-14-25(18-10-8-9-17(22)15-18)20(28)16-27-21(29)26-12-7-5-6-11-19(26)23-27/h8-10,15H,3-7,11-14,16H2,1-2H3. The first-order valence-corrected chi connectivity index (χ1v) is 11.3. The van der Waals surface area contributed by atoms with Crippen LogP contribution >= 0.6 is 15.9 Å². The first-order valence-electron chi connectivity index (χ1n) is 10.5. The summed E-state index contributed by atoms with van der Waals surface area (Å²) >= 11 is 3.49. The number of aromatic nitrogens is 3. The summed E-state index contributed by atoms with van der Waals surface area (Å²) in [4.78, 5) is 30.0. The minimum absolute atomic E-state index is 0.0381. The van der Waals surface area contributed by atoms with Crippen molar-refractivity contribution in [1.82, 2.24) is 19.2 Å². The van der Waals surface area contributed by atoms with Gasteiger partial charge in [0, 0.05) is 36.2 Å². The molecule has 1 amide bonds. The molecule has 3 rings (SSSR count). The Labute approximate surface area is 180 Å². The Balaban J connectivity index is 1.82. The smallest absolute Gasteiger partial charge is 0.309 e. The maximum absolute atomic E-state index is 13.2. The van der Waals surface area contributed by atoms with E-state index in [9.17, 15) is 9.59 Å². The van der Waals surface area contributed by atoms with Gasteiger partial charge >= 0.3 is 5.69 Å². The fourth-order valence-electron chi connectivity index (χ4n) is 3.76. The maximum atomic E-state index is 13.2. The maximum Gasteiger partial charge on any atom is 0.346 e. The van der Waals surface area contributed by atoms with Crippen LogP contribution in [0.5, 0.6) is 0 Å². The van der Waals surface area contributed by atoms with E-state index in [-0.39, 0.29) is 18.1 Å². The van der Waals surface area contributed by atoms with E-state index in [2.05, 4.69) is 39.8 Å². The molecule has 0 atom stereocenters. The van der Waals surface area contributed by atoms with E-state index in [1.54, 1.807) is 9.47 Å². The molecule has 29 heavy (non-hydrogen) atoms. The van der Waals surface area contributed by atoms with Crippen molar-refractivity contribution in [1.29, 1.82) is 0 Å². The van der Waals surface area contributed by atoms with Crippen molar-refractivity contribution in [3.05, 3.63) is 45.0 Å².